The minimum atomic E-state index is -0.789. The van der Waals surface area contributed by atoms with E-state index >= 15 is 0 Å². The topological polar surface area (TPSA) is 98.1 Å². The van der Waals surface area contributed by atoms with Gasteiger partial charge in [-0.3, -0.25) is 10.1 Å². The van der Waals surface area contributed by atoms with Gasteiger partial charge in [0.25, 0.3) is 5.91 Å². The van der Waals surface area contributed by atoms with Crippen LogP contribution in [0, 0.1) is 12.7 Å². The fourth-order valence-electron chi connectivity index (χ4n) is 2.98. The van der Waals surface area contributed by atoms with Gasteiger partial charge in [0.15, 0.2) is 5.65 Å². The van der Waals surface area contributed by atoms with Crippen LogP contribution in [0.15, 0.2) is 30.5 Å². The largest absolute Gasteiger partial charge is 0.444 e. The molecule has 0 saturated carbocycles. The average Bonchev–Trinajstić information content (AvgIpc) is 3.05. The number of nitrogens with one attached hydrogen (secondary N) is 2. The molecule has 31 heavy (non-hydrogen) atoms. The minimum Gasteiger partial charge on any atom is -0.444 e. The summed E-state index contributed by atoms with van der Waals surface area (Å²) in [6.45, 7) is 10.9. The summed E-state index contributed by atoms with van der Waals surface area (Å²) < 4.78 is 21.1. The summed E-state index contributed by atoms with van der Waals surface area (Å²) in [7, 11) is 0. The van der Waals surface area contributed by atoms with Gasteiger partial charge in [0.2, 0.25) is 0 Å². The minimum absolute atomic E-state index is 0.101. The highest BCUT2D eigenvalue weighted by atomic mass is 19.1. The first-order valence-corrected chi connectivity index (χ1v) is 9.90. The average molecular weight is 427 g/mol. The highest BCUT2D eigenvalue weighted by Crippen LogP contribution is 2.23. The smallest absolute Gasteiger partial charge is 0.412 e. The number of ether oxygens (including phenoxy) is 1. The van der Waals surface area contributed by atoms with Crippen LogP contribution >= 0.6 is 0 Å². The third kappa shape index (κ3) is 5.17. The first-order chi connectivity index (χ1) is 14.4. The highest BCUT2D eigenvalue weighted by Gasteiger charge is 2.19. The Labute approximate surface area is 179 Å². The van der Waals surface area contributed by atoms with Gasteiger partial charge in [0.1, 0.15) is 11.4 Å². The number of hydrogen-bond donors (Lipinski definition) is 2. The van der Waals surface area contributed by atoms with E-state index in [0.717, 1.165) is 11.5 Å². The van der Waals surface area contributed by atoms with E-state index in [1.165, 1.54) is 12.1 Å². The molecule has 0 radical (unpaired) electrons. The zero-order valence-corrected chi connectivity index (χ0v) is 18.4. The lowest BCUT2D eigenvalue weighted by Gasteiger charge is -2.20. The number of rotatable bonds is 4. The summed E-state index contributed by atoms with van der Waals surface area (Å²) >= 11 is 0. The number of hydrogen-bond acceptors (Lipinski definition) is 5. The standard InChI is InChI=1S/C22H26FN5O3/c1-12(2)28-19-14(11-24-28)9-16(13(3)25-19)20(29)26-15-7-8-17(23)18(10-15)27-21(30)31-22(4,5)6/h7-12H,1-6H3,(H,26,29)(H,27,30). The van der Waals surface area contributed by atoms with Gasteiger partial charge >= 0.3 is 6.09 Å². The van der Waals surface area contributed by atoms with E-state index in [1.807, 2.05) is 13.8 Å². The second kappa shape index (κ2) is 8.33. The van der Waals surface area contributed by atoms with Crippen LogP contribution in [0.5, 0.6) is 0 Å². The van der Waals surface area contributed by atoms with Crippen molar-refractivity contribution in [3.05, 3.63) is 47.5 Å². The number of halogens is 1. The van der Waals surface area contributed by atoms with E-state index < -0.39 is 23.4 Å². The summed E-state index contributed by atoms with van der Waals surface area (Å²) in [5.41, 5.74) is 1.11. The predicted octanol–water partition coefficient (Wildman–Crippen LogP) is 5.06. The van der Waals surface area contributed by atoms with Crippen molar-refractivity contribution in [1.82, 2.24) is 14.8 Å². The van der Waals surface area contributed by atoms with Gasteiger partial charge in [-0.1, -0.05) is 0 Å². The molecule has 3 aromatic rings. The lowest BCUT2D eigenvalue weighted by molar-refractivity contribution is 0.0635. The molecule has 3 rings (SSSR count). The molecule has 0 unspecified atom stereocenters. The number of pyridine rings is 1. The molecular formula is C22H26FN5O3. The van der Waals surface area contributed by atoms with Crippen LogP contribution in [-0.2, 0) is 4.74 Å². The van der Waals surface area contributed by atoms with Crippen molar-refractivity contribution in [2.24, 2.45) is 0 Å². The molecule has 164 valence electrons. The summed E-state index contributed by atoms with van der Waals surface area (Å²) in [5.74, 6) is -1.05. The zero-order valence-electron chi connectivity index (χ0n) is 18.4. The molecule has 0 bridgehead atoms. The van der Waals surface area contributed by atoms with Crippen LogP contribution in [0.25, 0.3) is 11.0 Å². The quantitative estimate of drug-likeness (QED) is 0.606. The molecular weight excluding hydrogens is 401 g/mol. The van der Waals surface area contributed by atoms with Crippen molar-refractivity contribution in [3.63, 3.8) is 0 Å². The number of fused-ring (bicyclic) bond motifs is 1. The predicted molar refractivity (Wildman–Crippen MR) is 117 cm³/mol. The molecule has 2 aromatic heterocycles. The molecule has 0 aliphatic rings. The first-order valence-electron chi connectivity index (χ1n) is 9.90. The first kappa shape index (κ1) is 22.2. The van der Waals surface area contributed by atoms with Gasteiger partial charge in [0, 0.05) is 17.1 Å². The van der Waals surface area contributed by atoms with Crippen LogP contribution in [-0.4, -0.2) is 32.4 Å². The van der Waals surface area contributed by atoms with Crippen molar-refractivity contribution >= 4 is 34.4 Å². The zero-order chi connectivity index (χ0) is 22.9. The molecule has 9 heteroatoms. The van der Waals surface area contributed by atoms with Gasteiger partial charge in [-0.2, -0.15) is 5.10 Å². The van der Waals surface area contributed by atoms with E-state index in [1.54, 1.807) is 44.6 Å². The van der Waals surface area contributed by atoms with Gasteiger partial charge in [0.05, 0.1) is 23.1 Å². The molecule has 2 N–H and O–H groups in total. The van der Waals surface area contributed by atoms with E-state index in [0.29, 0.717) is 22.6 Å². The van der Waals surface area contributed by atoms with Crippen LogP contribution < -0.4 is 10.6 Å². The number of aromatic nitrogens is 3. The van der Waals surface area contributed by atoms with E-state index in [-0.39, 0.29) is 11.7 Å². The lowest BCUT2D eigenvalue weighted by Crippen LogP contribution is -2.27. The Hall–Kier alpha value is -3.49. The molecule has 2 amide bonds. The highest BCUT2D eigenvalue weighted by molar-refractivity contribution is 6.07. The molecule has 1 aromatic carbocycles. The Balaban J connectivity index is 1.82. The third-order valence-electron chi connectivity index (χ3n) is 4.35. The normalized spacial score (nSPS) is 11.6. The number of anilines is 2. The summed E-state index contributed by atoms with van der Waals surface area (Å²) in [6.07, 6.45) is 0.877. The summed E-state index contributed by atoms with van der Waals surface area (Å²) in [4.78, 5) is 29.3. The van der Waals surface area contributed by atoms with Crippen molar-refractivity contribution in [2.75, 3.05) is 10.6 Å². The van der Waals surface area contributed by atoms with E-state index in [4.69, 9.17) is 4.74 Å². The molecule has 8 nitrogen and oxygen atoms in total. The second-order valence-electron chi connectivity index (χ2n) is 8.49. The molecule has 0 saturated heterocycles. The third-order valence-corrected chi connectivity index (χ3v) is 4.35. The number of nitrogens with zero attached hydrogens (tertiary/aromatic N) is 3. The summed E-state index contributed by atoms with van der Waals surface area (Å²) in [5, 5.41) is 10.1. The number of carbonyl (C=O) groups is 2. The Kier molecular flexibility index (Phi) is 5.97. The number of amides is 2. The Bertz CT molecular complexity index is 1150. The van der Waals surface area contributed by atoms with Crippen LogP contribution in [0.4, 0.5) is 20.6 Å². The number of benzene rings is 1. The lowest BCUT2D eigenvalue weighted by atomic mass is 10.1. The van der Waals surface area contributed by atoms with Crippen molar-refractivity contribution in [3.8, 4) is 0 Å². The number of aryl methyl sites for hydroxylation is 1. The van der Waals surface area contributed by atoms with Crippen LogP contribution in [0.2, 0.25) is 0 Å². The van der Waals surface area contributed by atoms with Gasteiger partial charge in [-0.25, -0.2) is 18.9 Å². The van der Waals surface area contributed by atoms with Crippen LogP contribution in [0.1, 0.15) is 56.7 Å². The van der Waals surface area contributed by atoms with Crippen molar-refractivity contribution < 1.29 is 18.7 Å². The SMILES string of the molecule is Cc1nc2c(cnn2C(C)C)cc1C(=O)Nc1ccc(F)c(NC(=O)OC(C)(C)C)c1. The second-order valence-corrected chi connectivity index (χ2v) is 8.49. The Morgan fingerprint density at radius 2 is 1.87 bits per heavy atom. The maximum Gasteiger partial charge on any atom is 0.412 e. The van der Waals surface area contributed by atoms with Gasteiger partial charge in [-0.05, 0) is 65.8 Å². The maximum atomic E-state index is 14.1. The molecule has 0 spiro atoms. The van der Waals surface area contributed by atoms with Gasteiger partial charge in [-0.15, -0.1) is 0 Å². The van der Waals surface area contributed by atoms with Gasteiger partial charge < -0.3 is 10.1 Å². The van der Waals surface area contributed by atoms with Crippen LogP contribution in [0.3, 0.4) is 0 Å². The molecule has 0 aliphatic carbocycles. The molecule has 2 heterocycles. The van der Waals surface area contributed by atoms with Crippen molar-refractivity contribution in [2.45, 2.75) is 53.2 Å². The fraction of sp³-hybridized carbons (Fsp3) is 0.364. The maximum absolute atomic E-state index is 14.1. The summed E-state index contributed by atoms with van der Waals surface area (Å²) in [6, 6.07) is 5.76. The monoisotopic (exact) mass is 427 g/mol. The molecule has 0 aliphatic heterocycles. The van der Waals surface area contributed by atoms with Crippen molar-refractivity contribution in [1.29, 1.82) is 0 Å². The Morgan fingerprint density at radius 3 is 2.52 bits per heavy atom. The van der Waals surface area contributed by atoms with E-state index in [2.05, 4.69) is 20.7 Å². The molecule has 0 atom stereocenters. The fourth-order valence-corrected chi connectivity index (χ4v) is 2.98. The van der Waals surface area contributed by atoms with E-state index in [9.17, 15) is 14.0 Å². The number of carbonyl (C=O) groups excluding carboxylic acids is 2. The molecule has 0 fully saturated rings. The Morgan fingerprint density at radius 1 is 1.16 bits per heavy atom.